The fraction of sp³-hybridized carbons (Fsp3) is 0.429. The SMILES string of the molecule is Cc1nc(CC(C)C)oc1C(=O)Nc1nn(C)cc1C#N. The molecule has 0 saturated carbocycles. The number of nitrogens with zero attached hydrogens (tertiary/aromatic N) is 4. The zero-order chi connectivity index (χ0) is 15.6. The van der Waals surface area contributed by atoms with Gasteiger partial charge < -0.3 is 9.73 Å². The third-order valence-corrected chi connectivity index (χ3v) is 2.81. The van der Waals surface area contributed by atoms with Crippen molar-refractivity contribution in [3.8, 4) is 6.07 Å². The third kappa shape index (κ3) is 3.28. The lowest BCUT2D eigenvalue weighted by Crippen LogP contribution is -2.13. The number of rotatable bonds is 4. The van der Waals surface area contributed by atoms with Crippen LogP contribution in [0.15, 0.2) is 10.6 Å². The Morgan fingerprint density at radius 1 is 1.57 bits per heavy atom. The average molecular weight is 287 g/mol. The molecule has 2 heterocycles. The zero-order valence-electron chi connectivity index (χ0n) is 12.5. The van der Waals surface area contributed by atoms with E-state index in [1.54, 1.807) is 14.0 Å². The van der Waals surface area contributed by atoms with Crippen LogP contribution in [-0.2, 0) is 13.5 Å². The number of nitriles is 1. The molecule has 2 rings (SSSR count). The third-order valence-electron chi connectivity index (χ3n) is 2.81. The summed E-state index contributed by atoms with van der Waals surface area (Å²) in [6, 6.07) is 1.97. The number of hydrogen-bond donors (Lipinski definition) is 1. The first-order chi connectivity index (χ1) is 9.90. The number of carbonyl (C=O) groups is 1. The van der Waals surface area contributed by atoms with E-state index < -0.39 is 5.91 Å². The lowest BCUT2D eigenvalue weighted by atomic mass is 10.1. The van der Waals surface area contributed by atoms with E-state index in [2.05, 4.69) is 15.4 Å². The van der Waals surface area contributed by atoms with Gasteiger partial charge in [0.1, 0.15) is 11.6 Å². The molecule has 21 heavy (non-hydrogen) atoms. The molecular formula is C14H17N5O2. The molecule has 0 aromatic carbocycles. The van der Waals surface area contributed by atoms with Crippen LogP contribution in [0.4, 0.5) is 5.82 Å². The number of aromatic nitrogens is 3. The van der Waals surface area contributed by atoms with Crippen LogP contribution >= 0.6 is 0 Å². The molecule has 1 N–H and O–H groups in total. The summed E-state index contributed by atoms with van der Waals surface area (Å²) >= 11 is 0. The molecule has 0 unspecified atom stereocenters. The van der Waals surface area contributed by atoms with Crippen molar-refractivity contribution >= 4 is 11.7 Å². The number of hydrogen-bond acceptors (Lipinski definition) is 5. The highest BCUT2D eigenvalue weighted by Crippen LogP contribution is 2.17. The Balaban J connectivity index is 2.20. The van der Waals surface area contributed by atoms with Gasteiger partial charge in [-0.2, -0.15) is 10.4 Å². The summed E-state index contributed by atoms with van der Waals surface area (Å²) in [6.07, 6.45) is 2.20. The van der Waals surface area contributed by atoms with Gasteiger partial charge in [0.2, 0.25) is 5.76 Å². The molecule has 0 saturated heterocycles. The van der Waals surface area contributed by atoms with Crippen molar-refractivity contribution in [1.82, 2.24) is 14.8 Å². The fourth-order valence-electron chi connectivity index (χ4n) is 1.93. The van der Waals surface area contributed by atoms with Crippen molar-refractivity contribution < 1.29 is 9.21 Å². The number of carbonyl (C=O) groups excluding carboxylic acids is 1. The van der Waals surface area contributed by atoms with Crippen molar-refractivity contribution in [3.05, 3.63) is 29.1 Å². The highest BCUT2D eigenvalue weighted by molar-refractivity contribution is 6.02. The molecule has 7 heteroatoms. The highest BCUT2D eigenvalue weighted by Gasteiger charge is 2.20. The molecule has 0 radical (unpaired) electrons. The van der Waals surface area contributed by atoms with Crippen LogP contribution in [0.3, 0.4) is 0 Å². The van der Waals surface area contributed by atoms with E-state index >= 15 is 0 Å². The van der Waals surface area contributed by atoms with Gasteiger partial charge >= 0.3 is 0 Å². The van der Waals surface area contributed by atoms with Gasteiger partial charge in [0.15, 0.2) is 11.7 Å². The van der Waals surface area contributed by atoms with Crippen LogP contribution in [-0.4, -0.2) is 20.7 Å². The summed E-state index contributed by atoms with van der Waals surface area (Å²) in [7, 11) is 1.68. The summed E-state index contributed by atoms with van der Waals surface area (Å²) in [6.45, 7) is 5.81. The van der Waals surface area contributed by atoms with Gasteiger partial charge in [0, 0.05) is 19.7 Å². The first-order valence-electron chi connectivity index (χ1n) is 6.62. The van der Waals surface area contributed by atoms with Gasteiger partial charge in [-0.05, 0) is 12.8 Å². The molecule has 7 nitrogen and oxygen atoms in total. The second kappa shape index (κ2) is 5.79. The Bertz CT molecular complexity index is 706. The topological polar surface area (TPSA) is 96.7 Å². The lowest BCUT2D eigenvalue weighted by Gasteiger charge is -2.00. The maximum Gasteiger partial charge on any atom is 0.294 e. The molecule has 0 aliphatic carbocycles. The van der Waals surface area contributed by atoms with Gasteiger partial charge in [-0.3, -0.25) is 9.48 Å². The van der Waals surface area contributed by atoms with Crippen LogP contribution in [0, 0.1) is 24.2 Å². The van der Waals surface area contributed by atoms with Gasteiger partial charge in [-0.25, -0.2) is 4.98 Å². The van der Waals surface area contributed by atoms with E-state index in [0.717, 1.165) is 0 Å². The van der Waals surface area contributed by atoms with Crippen LogP contribution in [0.1, 0.15) is 41.6 Å². The fourth-order valence-corrected chi connectivity index (χ4v) is 1.93. The maximum absolute atomic E-state index is 12.2. The Hall–Kier alpha value is -2.62. The van der Waals surface area contributed by atoms with Crippen molar-refractivity contribution in [2.24, 2.45) is 13.0 Å². The van der Waals surface area contributed by atoms with Crippen LogP contribution < -0.4 is 5.32 Å². The first-order valence-corrected chi connectivity index (χ1v) is 6.62. The number of nitrogens with one attached hydrogen (secondary N) is 1. The highest BCUT2D eigenvalue weighted by atomic mass is 16.4. The largest absolute Gasteiger partial charge is 0.435 e. The normalized spacial score (nSPS) is 10.7. The molecular weight excluding hydrogens is 270 g/mol. The van der Waals surface area contributed by atoms with Crippen molar-refractivity contribution in [3.63, 3.8) is 0 Å². The molecule has 2 aromatic heterocycles. The minimum absolute atomic E-state index is 0.153. The van der Waals surface area contributed by atoms with Crippen molar-refractivity contribution in [1.29, 1.82) is 5.26 Å². The quantitative estimate of drug-likeness (QED) is 0.928. The van der Waals surface area contributed by atoms with Crippen molar-refractivity contribution in [2.75, 3.05) is 5.32 Å². The van der Waals surface area contributed by atoms with Crippen LogP contribution in [0.5, 0.6) is 0 Å². The van der Waals surface area contributed by atoms with Crippen LogP contribution in [0.25, 0.3) is 0 Å². The van der Waals surface area contributed by atoms with E-state index in [1.807, 2.05) is 19.9 Å². The Morgan fingerprint density at radius 2 is 2.29 bits per heavy atom. The van der Waals surface area contributed by atoms with E-state index in [0.29, 0.717) is 29.5 Å². The number of oxazole rings is 1. The zero-order valence-corrected chi connectivity index (χ0v) is 12.5. The predicted octanol–water partition coefficient (Wildman–Crippen LogP) is 2.04. The molecule has 0 aliphatic heterocycles. The van der Waals surface area contributed by atoms with Crippen LogP contribution in [0.2, 0.25) is 0 Å². The molecule has 2 aromatic rings. The molecule has 1 amide bonds. The van der Waals surface area contributed by atoms with Gasteiger partial charge in [-0.1, -0.05) is 13.8 Å². The van der Waals surface area contributed by atoms with E-state index in [-0.39, 0.29) is 11.6 Å². The van der Waals surface area contributed by atoms with E-state index in [4.69, 9.17) is 9.68 Å². The van der Waals surface area contributed by atoms with E-state index in [9.17, 15) is 4.79 Å². The number of aryl methyl sites for hydroxylation is 2. The molecule has 0 aliphatic rings. The molecule has 0 fully saturated rings. The summed E-state index contributed by atoms with van der Waals surface area (Å²) in [5, 5.41) is 15.6. The minimum Gasteiger partial charge on any atom is -0.435 e. The summed E-state index contributed by atoms with van der Waals surface area (Å²) < 4.78 is 6.96. The van der Waals surface area contributed by atoms with Gasteiger partial charge in [-0.15, -0.1) is 0 Å². The summed E-state index contributed by atoms with van der Waals surface area (Å²) in [5.41, 5.74) is 0.822. The Kier molecular flexibility index (Phi) is 4.08. The summed E-state index contributed by atoms with van der Waals surface area (Å²) in [5.74, 6) is 0.839. The van der Waals surface area contributed by atoms with Gasteiger partial charge in [0.05, 0.1) is 5.69 Å². The maximum atomic E-state index is 12.2. The van der Waals surface area contributed by atoms with Crippen molar-refractivity contribution in [2.45, 2.75) is 27.2 Å². The standard InChI is InChI=1S/C14H17N5O2/c1-8(2)5-11-16-9(3)12(21-11)14(20)17-13-10(6-15)7-19(4)18-13/h7-8H,5H2,1-4H3,(H,17,18,20). The monoisotopic (exact) mass is 287 g/mol. The van der Waals surface area contributed by atoms with Gasteiger partial charge in [0.25, 0.3) is 5.91 Å². The Labute approximate surface area is 122 Å². The number of anilines is 1. The average Bonchev–Trinajstić information content (AvgIpc) is 2.91. The Morgan fingerprint density at radius 3 is 2.90 bits per heavy atom. The molecule has 0 atom stereocenters. The minimum atomic E-state index is -0.454. The second-order valence-corrected chi connectivity index (χ2v) is 5.25. The lowest BCUT2D eigenvalue weighted by molar-refractivity contribution is 0.0993. The molecule has 0 bridgehead atoms. The molecule has 110 valence electrons. The second-order valence-electron chi connectivity index (χ2n) is 5.25. The van der Waals surface area contributed by atoms with E-state index in [1.165, 1.54) is 10.9 Å². The smallest absolute Gasteiger partial charge is 0.294 e. The summed E-state index contributed by atoms with van der Waals surface area (Å²) in [4.78, 5) is 16.5. The number of amides is 1. The molecule has 0 spiro atoms. The predicted molar refractivity (Wildman–Crippen MR) is 75.7 cm³/mol. The first kappa shape index (κ1) is 14.8.